The maximum absolute atomic E-state index is 12.9. The monoisotopic (exact) mass is 617 g/mol. The number of methoxy groups -OCH3 is 1. The summed E-state index contributed by atoms with van der Waals surface area (Å²) in [7, 11) is 1.48. The van der Waals surface area contributed by atoms with Crippen LogP contribution in [-0.2, 0) is 9.59 Å². The molecule has 0 radical (unpaired) electrons. The molecule has 0 aromatic heterocycles. The fraction of sp³-hybridized carbons (Fsp3) is 0.115. The fourth-order valence-electron chi connectivity index (χ4n) is 3.46. The molecular formula is C26H21ClIN3O5. The molecule has 1 aliphatic rings. The molecule has 3 aromatic carbocycles. The predicted molar refractivity (Wildman–Crippen MR) is 146 cm³/mol. The van der Waals surface area contributed by atoms with Crippen molar-refractivity contribution < 1.29 is 23.9 Å². The third-order valence-corrected chi connectivity index (χ3v) is 6.26. The van der Waals surface area contributed by atoms with Gasteiger partial charge in [-0.1, -0.05) is 29.3 Å². The Balaban J connectivity index is 1.49. The van der Waals surface area contributed by atoms with Gasteiger partial charge in [0.1, 0.15) is 5.70 Å². The van der Waals surface area contributed by atoms with Gasteiger partial charge in [-0.15, -0.1) is 0 Å². The molecule has 0 unspecified atom stereocenters. The number of carbonyl (C=O) groups is 3. The Hall–Kier alpha value is -3.57. The van der Waals surface area contributed by atoms with E-state index < -0.39 is 11.9 Å². The summed E-state index contributed by atoms with van der Waals surface area (Å²) in [5, 5.41) is 5.87. The van der Waals surface area contributed by atoms with Gasteiger partial charge in [0.05, 0.1) is 16.4 Å². The summed E-state index contributed by atoms with van der Waals surface area (Å²) in [5.41, 5.74) is 2.89. The highest BCUT2D eigenvalue weighted by atomic mass is 127. The molecule has 4 amide bonds. The van der Waals surface area contributed by atoms with Gasteiger partial charge in [-0.2, -0.15) is 0 Å². The molecule has 36 heavy (non-hydrogen) atoms. The van der Waals surface area contributed by atoms with E-state index in [1.165, 1.54) is 7.11 Å². The van der Waals surface area contributed by atoms with Gasteiger partial charge < -0.3 is 20.1 Å². The maximum atomic E-state index is 12.9. The van der Waals surface area contributed by atoms with Crippen LogP contribution in [0.4, 0.5) is 16.2 Å². The summed E-state index contributed by atoms with van der Waals surface area (Å²) >= 11 is 7.96. The average molecular weight is 618 g/mol. The molecule has 1 aliphatic heterocycles. The lowest BCUT2D eigenvalue weighted by Gasteiger charge is -2.14. The van der Waals surface area contributed by atoms with Crippen LogP contribution in [-0.4, -0.2) is 31.6 Å². The van der Waals surface area contributed by atoms with Gasteiger partial charge in [0.15, 0.2) is 18.1 Å². The fourth-order valence-corrected chi connectivity index (χ4v) is 4.37. The molecule has 0 atom stereocenters. The molecule has 1 heterocycles. The molecule has 0 bridgehead atoms. The van der Waals surface area contributed by atoms with Crippen molar-refractivity contribution in [2.75, 3.05) is 23.9 Å². The number of hydrogen-bond donors (Lipinski definition) is 2. The minimum atomic E-state index is -0.560. The molecule has 1 fully saturated rings. The number of nitrogens with zero attached hydrogens (tertiary/aromatic N) is 1. The Labute approximate surface area is 226 Å². The molecular weight excluding hydrogens is 597 g/mol. The first-order chi connectivity index (χ1) is 17.2. The molecule has 2 N–H and O–H groups in total. The molecule has 4 rings (SSSR count). The Morgan fingerprint density at radius 2 is 1.81 bits per heavy atom. The van der Waals surface area contributed by atoms with Crippen molar-refractivity contribution in [2.24, 2.45) is 0 Å². The first-order valence-corrected chi connectivity index (χ1v) is 12.2. The summed E-state index contributed by atoms with van der Waals surface area (Å²) < 4.78 is 11.9. The Morgan fingerprint density at radius 3 is 2.47 bits per heavy atom. The number of anilines is 2. The van der Waals surface area contributed by atoms with Crippen molar-refractivity contribution in [3.8, 4) is 11.5 Å². The first-order valence-electron chi connectivity index (χ1n) is 10.7. The normalized spacial score (nSPS) is 14.1. The van der Waals surface area contributed by atoms with Gasteiger partial charge in [0.2, 0.25) is 0 Å². The summed E-state index contributed by atoms with van der Waals surface area (Å²) in [4.78, 5) is 38.7. The zero-order valence-electron chi connectivity index (χ0n) is 19.3. The number of rotatable bonds is 7. The Morgan fingerprint density at radius 1 is 1.11 bits per heavy atom. The topological polar surface area (TPSA) is 97.0 Å². The molecule has 3 aromatic rings. The van der Waals surface area contributed by atoms with Crippen molar-refractivity contribution in [2.45, 2.75) is 6.92 Å². The highest BCUT2D eigenvalue weighted by Gasteiger charge is 2.34. The number of urea groups is 1. The summed E-state index contributed by atoms with van der Waals surface area (Å²) in [5.74, 6) is -0.0408. The van der Waals surface area contributed by atoms with Crippen molar-refractivity contribution in [3.05, 3.63) is 86.1 Å². The van der Waals surface area contributed by atoms with Gasteiger partial charge in [0.25, 0.3) is 11.8 Å². The SMILES string of the molecule is COc1cc(/C=C2/NC(=O)N(c3ccc(Cl)cc3)C2=O)cc(I)c1OCC(=O)Nc1ccc(C)cc1. The predicted octanol–water partition coefficient (Wildman–Crippen LogP) is 5.38. The second kappa shape index (κ2) is 11.0. The lowest BCUT2D eigenvalue weighted by Crippen LogP contribution is -2.30. The number of imide groups is 1. The van der Waals surface area contributed by atoms with Gasteiger partial charge in [0, 0.05) is 10.7 Å². The highest BCUT2D eigenvalue weighted by molar-refractivity contribution is 14.1. The number of ether oxygens (including phenoxy) is 2. The minimum absolute atomic E-state index is 0.110. The van der Waals surface area contributed by atoms with Gasteiger partial charge in [-0.25, -0.2) is 9.69 Å². The van der Waals surface area contributed by atoms with E-state index in [1.54, 1.807) is 42.5 Å². The van der Waals surface area contributed by atoms with E-state index in [4.69, 9.17) is 21.1 Å². The lowest BCUT2D eigenvalue weighted by molar-refractivity contribution is -0.118. The van der Waals surface area contributed by atoms with E-state index in [0.717, 1.165) is 10.5 Å². The quantitative estimate of drug-likeness (QED) is 0.211. The molecule has 0 saturated carbocycles. The number of benzene rings is 3. The van der Waals surface area contributed by atoms with Crippen LogP contribution in [0.2, 0.25) is 5.02 Å². The van der Waals surface area contributed by atoms with E-state index in [0.29, 0.717) is 37.0 Å². The van der Waals surface area contributed by atoms with E-state index in [2.05, 4.69) is 33.2 Å². The molecule has 0 aliphatic carbocycles. The number of halogens is 2. The molecule has 0 spiro atoms. The van der Waals surface area contributed by atoms with Crippen LogP contribution in [0, 0.1) is 10.5 Å². The van der Waals surface area contributed by atoms with E-state index in [9.17, 15) is 14.4 Å². The zero-order valence-corrected chi connectivity index (χ0v) is 22.2. The number of amides is 4. The summed E-state index contributed by atoms with van der Waals surface area (Å²) in [6, 6.07) is 16.7. The van der Waals surface area contributed by atoms with Gasteiger partial charge in [-0.05, 0) is 89.7 Å². The van der Waals surface area contributed by atoms with Crippen LogP contribution >= 0.6 is 34.2 Å². The molecule has 10 heteroatoms. The van der Waals surface area contributed by atoms with Crippen LogP contribution < -0.4 is 25.0 Å². The van der Waals surface area contributed by atoms with Gasteiger partial charge in [-0.3, -0.25) is 9.59 Å². The standard InChI is InChI=1S/C26H21ClIN3O5/c1-15-3-7-18(8-4-15)29-23(32)14-36-24-20(28)11-16(13-22(24)35-2)12-21-25(33)31(26(34)30-21)19-9-5-17(27)6-10-19/h3-13H,14H2,1-2H3,(H,29,32)(H,30,34)/b21-12+. The van der Waals surface area contributed by atoms with Crippen molar-refractivity contribution in [3.63, 3.8) is 0 Å². The van der Waals surface area contributed by atoms with Crippen LogP contribution in [0.3, 0.4) is 0 Å². The highest BCUT2D eigenvalue weighted by Crippen LogP contribution is 2.35. The van der Waals surface area contributed by atoms with E-state index in [1.807, 2.05) is 31.2 Å². The van der Waals surface area contributed by atoms with Crippen LogP contribution in [0.25, 0.3) is 6.08 Å². The van der Waals surface area contributed by atoms with Crippen molar-refractivity contribution in [1.29, 1.82) is 0 Å². The summed E-state index contributed by atoms with van der Waals surface area (Å²) in [6.45, 7) is 1.75. The average Bonchev–Trinajstić information content (AvgIpc) is 3.12. The molecule has 1 saturated heterocycles. The van der Waals surface area contributed by atoms with Crippen molar-refractivity contribution >= 4 is 69.5 Å². The number of carbonyl (C=O) groups excluding carboxylic acids is 3. The van der Waals surface area contributed by atoms with E-state index in [-0.39, 0.29) is 18.2 Å². The Bertz CT molecular complexity index is 1360. The van der Waals surface area contributed by atoms with Crippen molar-refractivity contribution in [1.82, 2.24) is 5.32 Å². The van der Waals surface area contributed by atoms with Gasteiger partial charge >= 0.3 is 6.03 Å². The smallest absolute Gasteiger partial charge is 0.333 e. The molecule has 184 valence electrons. The zero-order chi connectivity index (χ0) is 25.8. The number of aryl methyl sites for hydroxylation is 1. The minimum Gasteiger partial charge on any atom is -0.493 e. The first kappa shape index (κ1) is 25.5. The third-order valence-electron chi connectivity index (χ3n) is 5.21. The lowest BCUT2D eigenvalue weighted by atomic mass is 10.1. The second-order valence-corrected chi connectivity index (χ2v) is 9.44. The van der Waals surface area contributed by atoms with Crippen LogP contribution in [0.1, 0.15) is 11.1 Å². The third kappa shape index (κ3) is 5.80. The number of hydrogen-bond acceptors (Lipinski definition) is 5. The van der Waals surface area contributed by atoms with Crippen LogP contribution in [0.5, 0.6) is 11.5 Å². The second-order valence-electron chi connectivity index (χ2n) is 7.84. The van der Waals surface area contributed by atoms with E-state index >= 15 is 0 Å². The maximum Gasteiger partial charge on any atom is 0.333 e. The number of nitrogens with one attached hydrogen (secondary N) is 2. The Kier molecular flexibility index (Phi) is 7.80. The van der Waals surface area contributed by atoms with Crippen LogP contribution in [0.15, 0.2) is 66.4 Å². The summed E-state index contributed by atoms with van der Waals surface area (Å²) in [6.07, 6.45) is 1.55. The molecule has 8 nitrogen and oxygen atoms in total. The largest absolute Gasteiger partial charge is 0.493 e.